The van der Waals surface area contributed by atoms with Crippen LogP contribution in [0, 0.1) is 0 Å². The second-order valence-electron chi connectivity index (χ2n) is 8.67. The van der Waals surface area contributed by atoms with Crippen molar-refractivity contribution in [3.05, 3.63) is 23.9 Å². The van der Waals surface area contributed by atoms with E-state index in [1.807, 2.05) is 25.6 Å². The number of hydrogen-bond donors (Lipinski definition) is 2. The number of anilines is 1. The van der Waals surface area contributed by atoms with Gasteiger partial charge < -0.3 is 29.9 Å². The Labute approximate surface area is 215 Å². The van der Waals surface area contributed by atoms with Gasteiger partial charge in [0.25, 0.3) is 0 Å². The highest BCUT2D eigenvalue weighted by Gasteiger charge is 2.32. The minimum Gasteiger partial charge on any atom is -0.467 e. The minimum absolute atomic E-state index is 0.0553. The number of hydrogen-bond acceptors (Lipinski definition) is 9. The number of nitrogens with one attached hydrogen (secondary N) is 1. The smallest absolute Gasteiger partial charge is 0.318 e. The number of piperidine rings is 1. The van der Waals surface area contributed by atoms with E-state index in [2.05, 4.69) is 45.0 Å². The highest BCUT2D eigenvalue weighted by atomic mass is 32.2. The zero-order valence-electron chi connectivity index (χ0n) is 22.1. The number of aliphatic hydroxyl groups excluding tert-OH is 1. The van der Waals surface area contributed by atoms with Crippen molar-refractivity contribution in [1.82, 2.24) is 25.1 Å². The number of fused-ring (bicyclic) bond motifs is 1. The maximum Gasteiger partial charge on any atom is 0.318 e. The molecule has 4 heterocycles. The topological polar surface area (TPSA) is 94.1 Å². The summed E-state index contributed by atoms with van der Waals surface area (Å²) >= 11 is 2.01. The molecule has 2 unspecified atom stereocenters. The van der Waals surface area contributed by atoms with Crippen LogP contribution in [0.4, 0.5) is 5.82 Å². The Balaban J connectivity index is 0.000000329. The van der Waals surface area contributed by atoms with E-state index in [1.54, 1.807) is 12.0 Å². The molecule has 0 saturated carbocycles. The molecule has 10 heteroatoms. The number of ether oxygens (including phenoxy) is 1. The van der Waals surface area contributed by atoms with Crippen molar-refractivity contribution in [2.24, 2.45) is 0 Å². The van der Waals surface area contributed by atoms with Crippen LogP contribution in [0.15, 0.2) is 12.7 Å². The van der Waals surface area contributed by atoms with Crippen LogP contribution in [0.25, 0.3) is 0 Å². The Hall–Kier alpha value is -1.88. The summed E-state index contributed by atoms with van der Waals surface area (Å²) in [6.07, 6.45) is 7.17. The van der Waals surface area contributed by atoms with E-state index in [1.165, 1.54) is 32.0 Å². The van der Waals surface area contributed by atoms with Gasteiger partial charge in [-0.2, -0.15) is 21.7 Å². The molecular formula is C25H44N6O3S. The summed E-state index contributed by atoms with van der Waals surface area (Å²) in [6, 6.07) is 0.120. The standard InChI is InChI=1S/C16H23N5O3.C7H15NS.C2H6/c1-3-14(23)20-6-7-21(11(9-20)10-22)15-12-4-5-17-8-13(12)18-16(19-15)24-2;1-8-5-3-4-7(6-8)9-2;1-2/h3,11,17,22H,1,4-10H2,2H3;7H,3-6H2,1-2H3;1-2H3. The number of likely N-dealkylation sites (tertiary alicyclic amines) is 1. The van der Waals surface area contributed by atoms with Crippen molar-refractivity contribution in [3.8, 4) is 6.01 Å². The zero-order valence-corrected chi connectivity index (χ0v) is 22.9. The normalized spacial score (nSPS) is 22.1. The molecule has 1 amide bonds. The lowest BCUT2D eigenvalue weighted by atomic mass is 10.0. The van der Waals surface area contributed by atoms with Gasteiger partial charge in [-0.25, -0.2) is 0 Å². The molecule has 198 valence electrons. The highest BCUT2D eigenvalue weighted by molar-refractivity contribution is 7.99. The van der Waals surface area contributed by atoms with E-state index in [0.717, 1.165) is 35.3 Å². The number of rotatable bonds is 5. The number of carbonyl (C=O) groups excluding carboxylic acids is 1. The van der Waals surface area contributed by atoms with E-state index in [-0.39, 0.29) is 18.6 Å². The summed E-state index contributed by atoms with van der Waals surface area (Å²) in [5, 5.41) is 14.0. The van der Waals surface area contributed by atoms with Gasteiger partial charge in [0.05, 0.1) is 25.5 Å². The first-order valence-corrected chi connectivity index (χ1v) is 13.9. The van der Waals surface area contributed by atoms with Gasteiger partial charge in [0, 0.05) is 43.5 Å². The summed E-state index contributed by atoms with van der Waals surface area (Å²) < 4.78 is 5.24. The largest absolute Gasteiger partial charge is 0.467 e. The molecule has 0 aromatic carbocycles. The van der Waals surface area contributed by atoms with Crippen LogP contribution < -0.4 is 15.0 Å². The van der Waals surface area contributed by atoms with Crippen LogP contribution in [0.1, 0.15) is 37.9 Å². The van der Waals surface area contributed by atoms with Crippen LogP contribution in [0.5, 0.6) is 6.01 Å². The van der Waals surface area contributed by atoms with Crippen LogP contribution in [0.2, 0.25) is 0 Å². The predicted molar refractivity (Wildman–Crippen MR) is 144 cm³/mol. The Kier molecular flexibility index (Phi) is 12.8. The molecule has 2 saturated heterocycles. The first-order valence-electron chi connectivity index (χ1n) is 12.6. The van der Waals surface area contributed by atoms with Gasteiger partial charge in [-0.15, -0.1) is 0 Å². The quantitative estimate of drug-likeness (QED) is 0.578. The van der Waals surface area contributed by atoms with Crippen molar-refractivity contribution in [3.63, 3.8) is 0 Å². The second kappa shape index (κ2) is 15.3. The summed E-state index contributed by atoms with van der Waals surface area (Å²) in [5.74, 6) is 0.697. The molecule has 0 bridgehead atoms. The van der Waals surface area contributed by atoms with E-state index in [9.17, 15) is 9.90 Å². The predicted octanol–water partition coefficient (Wildman–Crippen LogP) is 1.80. The number of carbonyl (C=O) groups is 1. The average molecular weight is 509 g/mol. The number of amides is 1. The molecule has 3 aliphatic rings. The van der Waals surface area contributed by atoms with E-state index >= 15 is 0 Å². The van der Waals surface area contributed by atoms with Gasteiger partial charge in [-0.05, 0) is 51.7 Å². The zero-order chi connectivity index (χ0) is 25.8. The number of aliphatic hydroxyl groups is 1. The van der Waals surface area contributed by atoms with Gasteiger partial charge in [-0.1, -0.05) is 20.4 Å². The van der Waals surface area contributed by atoms with E-state index in [4.69, 9.17) is 4.74 Å². The lowest BCUT2D eigenvalue weighted by Gasteiger charge is -2.42. The van der Waals surface area contributed by atoms with Gasteiger partial charge >= 0.3 is 6.01 Å². The van der Waals surface area contributed by atoms with E-state index < -0.39 is 0 Å². The van der Waals surface area contributed by atoms with Gasteiger partial charge in [0.2, 0.25) is 5.91 Å². The summed E-state index contributed by atoms with van der Waals surface area (Å²) in [7, 11) is 3.76. The summed E-state index contributed by atoms with van der Waals surface area (Å²) in [6.45, 7) is 13.2. The number of piperazine rings is 1. The number of methoxy groups -OCH3 is 1. The molecule has 35 heavy (non-hydrogen) atoms. The molecule has 0 radical (unpaired) electrons. The molecule has 9 nitrogen and oxygen atoms in total. The van der Waals surface area contributed by atoms with Crippen molar-refractivity contribution >= 4 is 23.5 Å². The third kappa shape index (κ3) is 8.06. The molecule has 2 N–H and O–H groups in total. The Morgan fingerprint density at radius 1 is 1.29 bits per heavy atom. The molecule has 1 aromatic heterocycles. The minimum atomic E-state index is -0.207. The van der Waals surface area contributed by atoms with Crippen LogP contribution in [0.3, 0.4) is 0 Å². The fraction of sp³-hybridized carbons (Fsp3) is 0.720. The number of nitrogens with zero attached hydrogens (tertiary/aromatic N) is 5. The number of aromatic nitrogens is 2. The number of thioether (sulfide) groups is 1. The van der Waals surface area contributed by atoms with E-state index in [0.29, 0.717) is 32.2 Å². The van der Waals surface area contributed by atoms with Crippen molar-refractivity contribution in [2.45, 2.75) is 50.9 Å². The highest BCUT2D eigenvalue weighted by Crippen LogP contribution is 2.29. The molecule has 2 fully saturated rings. The lowest BCUT2D eigenvalue weighted by molar-refractivity contribution is -0.126. The fourth-order valence-electron chi connectivity index (χ4n) is 4.58. The first kappa shape index (κ1) is 29.4. The average Bonchev–Trinajstić information content (AvgIpc) is 2.93. The summed E-state index contributed by atoms with van der Waals surface area (Å²) in [5.41, 5.74) is 2.03. The molecule has 3 aliphatic heterocycles. The van der Waals surface area contributed by atoms with Crippen molar-refractivity contribution in [1.29, 1.82) is 0 Å². The first-order chi connectivity index (χ1) is 17.0. The molecule has 0 spiro atoms. The Morgan fingerprint density at radius 2 is 2.06 bits per heavy atom. The van der Waals surface area contributed by atoms with Crippen LogP contribution in [-0.2, 0) is 17.8 Å². The van der Waals surface area contributed by atoms with Crippen molar-refractivity contribution in [2.75, 3.05) is 71.2 Å². The van der Waals surface area contributed by atoms with Crippen molar-refractivity contribution < 1.29 is 14.6 Å². The summed E-state index contributed by atoms with van der Waals surface area (Å²) in [4.78, 5) is 27.0. The molecule has 2 atom stereocenters. The molecule has 1 aromatic rings. The molecule has 4 rings (SSSR count). The SMILES string of the molecule is C=CC(=O)N1CCN(c2nc(OC)nc3c2CCNC3)C(CO)C1.CC.CSC1CCCN(C)C1. The Bertz CT molecular complexity index is 812. The third-order valence-electron chi connectivity index (χ3n) is 6.44. The molecular weight excluding hydrogens is 464 g/mol. The fourth-order valence-corrected chi connectivity index (χ4v) is 5.38. The Morgan fingerprint density at radius 3 is 2.66 bits per heavy atom. The van der Waals surface area contributed by atoms with Gasteiger partial charge in [0.15, 0.2) is 0 Å². The lowest BCUT2D eigenvalue weighted by Crippen LogP contribution is -2.56. The second-order valence-corrected chi connectivity index (χ2v) is 9.80. The van der Waals surface area contributed by atoms with Gasteiger partial charge in [-0.3, -0.25) is 4.79 Å². The maximum absolute atomic E-state index is 11.9. The van der Waals surface area contributed by atoms with Gasteiger partial charge in [0.1, 0.15) is 5.82 Å². The third-order valence-corrected chi connectivity index (χ3v) is 7.50. The van der Waals surface area contributed by atoms with Crippen LogP contribution >= 0.6 is 11.8 Å². The van der Waals surface area contributed by atoms with Crippen LogP contribution in [-0.4, -0.2) is 108 Å². The molecule has 0 aliphatic carbocycles. The monoisotopic (exact) mass is 508 g/mol. The maximum atomic E-state index is 11.9.